The van der Waals surface area contributed by atoms with Crippen LogP contribution < -0.4 is 0 Å². The molecule has 0 aliphatic rings. The molecule has 0 bridgehead atoms. The summed E-state index contributed by atoms with van der Waals surface area (Å²) in [6.07, 6.45) is 25.7. The van der Waals surface area contributed by atoms with Gasteiger partial charge < -0.3 is 0 Å². The molecule has 0 heterocycles. The second-order valence-corrected chi connectivity index (χ2v) is 21.6. The first-order chi connectivity index (χ1) is 15.1. The van der Waals surface area contributed by atoms with Gasteiger partial charge in [-0.1, -0.05) is 32.6 Å². The van der Waals surface area contributed by atoms with Crippen LogP contribution in [0.3, 0.4) is 0 Å². The van der Waals surface area contributed by atoms with E-state index in [0.29, 0.717) is 6.42 Å². The molecular weight excluding hydrogens is 487 g/mol. The van der Waals surface area contributed by atoms with E-state index in [-0.39, 0.29) is 5.97 Å². The van der Waals surface area contributed by atoms with Gasteiger partial charge in [0.2, 0.25) is 0 Å². The first-order valence-corrected chi connectivity index (χ1v) is 21.6. The topological polar surface area (TPSA) is 26.3 Å². The zero-order valence-electron chi connectivity index (χ0n) is 22.1. The van der Waals surface area contributed by atoms with Gasteiger partial charge in [0.25, 0.3) is 0 Å². The Kier molecular flexibility index (Phi) is 23.6. The molecule has 0 aromatic rings. The normalized spacial score (nSPS) is 11.7. The van der Waals surface area contributed by atoms with Crippen molar-refractivity contribution in [3.63, 3.8) is 0 Å². The van der Waals surface area contributed by atoms with Crippen LogP contribution in [0.15, 0.2) is 0 Å². The summed E-state index contributed by atoms with van der Waals surface area (Å²) >= 11 is -2.74. The van der Waals surface area contributed by atoms with Crippen LogP contribution in [0.2, 0.25) is 13.3 Å². The Labute approximate surface area is 201 Å². The van der Waals surface area contributed by atoms with Gasteiger partial charge in [0.05, 0.1) is 0 Å². The molecule has 0 aliphatic carbocycles. The molecule has 0 atom stereocenters. The van der Waals surface area contributed by atoms with Crippen molar-refractivity contribution < 1.29 is 7.87 Å². The molecule has 0 aromatic carbocycles. The monoisotopic (exact) mass is 546 g/mol. The van der Waals surface area contributed by atoms with Gasteiger partial charge in [-0.25, -0.2) is 0 Å². The van der Waals surface area contributed by atoms with Crippen molar-refractivity contribution in [3.8, 4) is 0 Å². The van der Waals surface area contributed by atoms with Crippen LogP contribution in [0.4, 0.5) is 0 Å². The van der Waals surface area contributed by atoms with Crippen molar-refractivity contribution >= 4 is 24.8 Å². The first-order valence-electron chi connectivity index (χ1n) is 14.4. The van der Waals surface area contributed by atoms with E-state index in [2.05, 4.69) is 27.7 Å². The van der Waals surface area contributed by atoms with E-state index in [0.717, 1.165) is 6.42 Å². The summed E-state index contributed by atoms with van der Waals surface area (Å²) in [4.78, 5) is 12.7. The minimum absolute atomic E-state index is 0.155. The SMILES string of the molecule is CCCCCCCCCCCCCCCC(=O)[O][Sn]([CH2]CCC)([CH2]CCC)[CH2]CCC. The summed E-state index contributed by atoms with van der Waals surface area (Å²) < 4.78 is 10.2. The van der Waals surface area contributed by atoms with Crippen molar-refractivity contribution in [2.45, 2.75) is 169 Å². The Bertz CT molecular complexity index is 361. The Hall–Kier alpha value is 0.269. The second-order valence-electron chi connectivity index (χ2n) is 9.96. The van der Waals surface area contributed by atoms with E-state index in [4.69, 9.17) is 3.07 Å². The van der Waals surface area contributed by atoms with Crippen molar-refractivity contribution in [1.29, 1.82) is 0 Å². The molecule has 0 aliphatic heterocycles. The third kappa shape index (κ3) is 19.4. The molecule has 0 aromatic heterocycles. The molecule has 186 valence electrons. The fraction of sp³-hybridized carbons (Fsp3) is 0.964. The van der Waals surface area contributed by atoms with Gasteiger partial charge in [-0.2, -0.15) is 0 Å². The number of carbonyl (C=O) groups is 1. The third-order valence-corrected chi connectivity index (χ3v) is 19.5. The van der Waals surface area contributed by atoms with E-state index < -0.39 is 18.8 Å². The van der Waals surface area contributed by atoms with Gasteiger partial charge in [0.1, 0.15) is 0 Å². The quantitative estimate of drug-likeness (QED) is 0.0891. The fourth-order valence-electron chi connectivity index (χ4n) is 4.60. The van der Waals surface area contributed by atoms with Gasteiger partial charge in [0, 0.05) is 0 Å². The molecule has 0 spiro atoms. The molecule has 0 amide bonds. The summed E-state index contributed by atoms with van der Waals surface area (Å²) in [5.41, 5.74) is 0. The van der Waals surface area contributed by atoms with Crippen LogP contribution in [0, 0.1) is 0 Å². The van der Waals surface area contributed by atoms with Crippen LogP contribution in [0.25, 0.3) is 0 Å². The second kappa shape index (κ2) is 23.4. The summed E-state index contributed by atoms with van der Waals surface area (Å²) in [6, 6.07) is 0. The standard InChI is InChI=1S/C16H32O2.3C4H9.Sn/c1-2-3-4-5-6-7-8-9-10-11-12-13-14-15-16(17)18;3*1-3-4-2;/h2-15H2,1H3,(H,17,18);3*1,3-4H2,2H3;/q;;;;+1/p-1. The Morgan fingerprint density at radius 1 is 0.484 bits per heavy atom. The van der Waals surface area contributed by atoms with E-state index in [9.17, 15) is 4.79 Å². The van der Waals surface area contributed by atoms with Gasteiger partial charge in [-0.15, -0.1) is 0 Å². The van der Waals surface area contributed by atoms with Crippen molar-refractivity contribution in [1.82, 2.24) is 0 Å². The summed E-state index contributed by atoms with van der Waals surface area (Å²) in [7, 11) is 0. The maximum atomic E-state index is 12.7. The molecule has 0 saturated heterocycles. The molecule has 0 N–H and O–H groups in total. The van der Waals surface area contributed by atoms with Gasteiger partial charge in [0.15, 0.2) is 0 Å². The predicted octanol–water partition coefficient (Wildman–Crippen LogP) is 10.4. The average molecular weight is 545 g/mol. The zero-order valence-corrected chi connectivity index (χ0v) is 24.9. The summed E-state index contributed by atoms with van der Waals surface area (Å²) in [5.74, 6) is 0.155. The molecule has 0 rings (SSSR count). The van der Waals surface area contributed by atoms with E-state index in [1.165, 1.54) is 129 Å². The van der Waals surface area contributed by atoms with Gasteiger partial charge in [-0.3, -0.25) is 0 Å². The van der Waals surface area contributed by atoms with Crippen molar-refractivity contribution in [3.05, 3.63) is 0 Å². The van der Waals surface area contributed by atoms with E-state index >= 15 is 0 Å². The molecule has 2 nitrogen and oxygen atoms in total. The number of hydrogen-bond donors (Lipinski definition) is 0. The number of rotatable bonds is 24. The fourth-order valence-corrected chi connectivity index (χ4v) is 17.8. The predicted molar refractivity (Wildman–Crippen MR) is 141 cm³/mol. The third-order valence-electron chi connectivity index (χ3n) is 6.77. The first kappa shape index (κ1) is 31.3. The van der Waals surface area contributed by atoms with Crippen molar-refractivity contribution in [2.75, 3.05) is 0 Å². The average Bonchev–Trinajstić information content (AvgIpc) is 2.77. The van der Waals surface area contributed by atoms with Crippen LogP contribution in [-0.2, 0) is 7.87 Å². The summed E-state index contributed by atoms with van der Waals surface area (Å²) in [5, 5.41) is 0. The molecule has 0 fully saturated rings. The van der Waals surface area contributed by atoms with Gasteiger partial charge in [-0.05, 0) is 0 Å². The zero-order chi connectivity index (χ0) is 23.0. The molecule has 3 heteroatoms. The Balaban J connectivity index is 3.95. The van der Waals surface area contributed by atoms with Crippen LogP contribution in [0.1, 0.15) is 156 Å². The van der Waals surface area contributed by atoms with E-state index in [1.807, 2.05) is 0 Å². The van der Waals surface area contributed by atoms with Gasteiger partial charge >= 0.3 is 169 Å². The Morgan fingerprint density at radius 2 is 0.806 bits per heavy atom. The molecule has 0 radical (unpaired) electrons. The molecular formula is C28H58O2Sn. The van der Waals surface area contributed by atoms with Crippen LogP contribution >= 0.6 is 0 Å². The molecule has 0 saturated carbocycles. The molecule has 0 unspecified atom stereocenters. The number of hydrogen-bond acceptors (Lipinski definition) is 2. The van der Waals surface area contributed by atoms with Crippen LogP contribution in [-0.4, -0.2) is 24.8 Å². The molecule has 31 heavy (non-hydrogen) atoms. The number of carbonyl (C=O) groups excluding carboxylic acids is 1. The maximum absolute atomic E-state index is 12.7. The number of unbranched alkanes of at least 4 members (excludes halogenated alkanes) is 15. The van der Waals surface area contributed by atoms with Crippen molar-refractivity contribution in [2.24, 2.45) is 0 Å². The summed E-state index contributed by atoms with van der Waals surface area (Å²) in [6.45, 7) is 9.09. The van der Waals surface area contributed by atoms with E-state index in [1.54, 1.807) is 0 Å². The minimum atomic E-state index is -2.74. The van der Waals surface area contributed by atoms with Crippen LogP contribution in [0.5, 0.6) is 0 Å². The Morgan fingerprint density at radius 3 is 1.16 bits per heavy atom.